The van der Waals surface area contributed by atoms with Crippen molar-refractivity contribution < 1.29 is 14.2 Å². The Balaban J connectivity index is 2.20. The van der Waals surface area contributed by atoms with Crippen LogP contribution in [0.25, 0.3) is 0 Å². The standard InChI is InChI=1S/C13H17BrO3/c1-15-11-4-3-9(7-12(11)16-2)13(14)10-5-6-17-8-10/h3-4,7,10,13H,5-6,8H2,1-2H3. The van der Waals surface area contributed by atoms with Crippen LogP contribution in [-0.4, -0.2) is 27.4 Å². The predicted octanol–water partition coefficient (Wildman–Crippen LogP) is 3.18. The van der Waals surface area contributed by atoms with Gasteiger partial charge in [0.25, 0.3) is 0 Å². The zero-order valence-corrected chi connectivity index (χ0v) is 11.7. The molecule has 94 valence electrons. The third-order valence-corrected chi connectivity index (χ3v) is 4.38. The SMILES string of the molecule is COc1ccc(C(Br)C2CCOC2)cc1OC. The van der Waals surface area contributed by atoms with Gasteiger partial charge in [-0.25, -0.2) is 0 Å². The molecule has 0 saturated carbocycles. The highest BCUT2D eigenvalue weighted by Crippen LogP contribution is 2.39. The maximum absolute atomic E-state index is 5.42. The summed E-state index contributed by atoms with van der Waals surface area (Å²) in [7, 11) is 3.30. The number of hydrogen-bond donors (Lipinski definition) is 0. The fourth-order valence-corrected chi connectivity index (χ4v) is 2.78. The van der Waals surface area contributed by atoms with Crippen LogP contribution in [0.15, 0.2) is 18.2 Å². The smallest absolute Gasteiger partial charge is 0.161 e. The van der Waals surface area contributed by atoms with Crippen molar-refractivity contribution in [2.75, 3.05) is 27.4 Å². The van der Waals surface area contributed by atoms with E-state index in [0.717, 1.165) is 31.1 Å². The molecule has 0 radical (unpaired) electrons. The Kier molecular flexibility index (Phi) is 4.29. The van der Waals surface area contributed by atoms with Crippen molar-refractivity contribution in [2.24, 2.45) is 5.92 Å². The van der Waals surface area contributed by atoms with Gasteiger partial charge in [0.15, 0.2) is 11.5 Å². The van der Waals surface area contributed by atoms with E-state index in [1.54, 1.807) is 14.2 Å². The molecule has 17 heavy (non-hydrogen) atoms. The first-order valence-corrected chi connectivity index (χ1v) is 6.61. The van der Waals surface area contributed by atoms with E-state index in [0.29, 0.717) is 10.7 Å². The number of alkyl halides is 1. The molecule has 1 aliphatic rings. The van der Waals surface area contributed by atoms with E-state index >= 15 is 0 Å². The summed E-state index contributed by atoms with van der Waals surface area (Å²) in [4.78, 5) is 0.310. The molecule has 1 aromatic carbocycles. The van der Waals surface area contributed by atoms with E-state index < -0.39 is 0 Å². The topological polar surface area (TPSA) is 27.7 Å². The predicted molar refractivity (Wildman–Crippen MR) is 70.1 cm³/mol. The maximum atomic E-state index is 5.42. The third kappa shape index (κ3) is 2.75. The van der Waals surface area contributed by atoms with Gasteiger partial charge in [-0.1, -0.05) is 22.0 Å². The summed E-state index contributed by atoms with van der Waals surface area (Å²) in [6.45, 7) is 1.68. The van der Waals surface area contributed by atoms with E-state index in [1.165, 1.54) is 5.56 Å². The van der Waals surface area contributed by atoms with Crippen molar-refractivity contribution in [3.63, 3.8) is 0 Å². The van der Waals surface area contributed by atoms with Crippen LogP contribution in [0.1, 0.15) is 16.8 Å². The van der Waals surface area contributed by atoms with E-state index in [-0.39, 0.29) is 0 Å². The fraction of sp³-hybridized carbons (Fsp3) is 0.538. The molecule has 2 rings (SSSR count). The van der Waals surface area contributed by atoms with Crippen molar-refractivity contribution in [2.45, 2.75) is 11.2 Å². The molecule has 1 aromatic rings. The van der Waals surface area contributed by atoms with Gasteiger partial charge in [0.1, 0.15) is 0 Å². The summed E-state index contributed by atoms with van der Waals surface area (Å²) in [5.41, 5.74) is 1.21. The van der Waals surface area contributed by atoms with E-state index in [2.05, 4.69) is 22.0 Å². The molecule has 0 amide bonds. The van der Waals surface area contributed by atoms with Crippen LogP contribution in [0.2, 0.25) is 0 Å². The molecular formula is C13H17BrO3. The van der Waals surface area contributed by atoms with Crippen molar-refractivity contribution in [1.82, 2.24) is 0 Å². The zero-order chi connectivity index (χ0) is 12.3. The first-order valence-electron chi connectivity index (χ1n) is 5.70. The summed E-state index contributed by atoms with van der Waals surface area (Å²) in [6, 6.07) is 6.04. The average molecular weight is 301 g/mol. The molecule has 2 unspecified atom stereocenters. The zero-order valence-electron chi connectivity index (χ0n) is 10.1. The van der Waals surface area contributed by atoms with Crippen molar-refractivity contribution >= 4 is 15.9 Å². The minimum absolute atomic E-state index is 0.310. The third-order valence-electron chi connectivity index (χ3n) is 3.10. The van der Waals surface area contributed by atoms with Gasteiger partial charge >= 0.3 is 0 Å². The molecule has 1 fully saturated rings. The second-order valence-electron chi connectivity index (χ2n) is 4.14. The highest BCUT2D eigenvalue weighted by Gasteiger charge is 2.25. The van der Waals surface area contributed by atoms with Gasteiger partial charge in [-0.2, -0.15) is 0 Å². The molecule has 1 aliphatic heterocycles. The Morgan fingerprint density at radius 3 is 2.65 bits per heavy atom. The van der Waals surface area contributed by atoms with Gasteiger partial charge in [0.2, 0.25) is 0 Å². The summed E-state index contributed by atoms with van der Waals surface area (Å²) in [6.07, 6.45) is 1.10. The average Bonchev–Trinajstić information content (AvgIpc) is 2.90. The molecule has 0 aliphatic carbocycles. The van der Waals surface area contributed by atoms with E-state index in [1.807, 2.05) is 12.1 Å². The lowest BCUT2D eigenvalue weighted by Gasteiger charge is -2.17. The number of benzene rings is 1. The summed E-state index contributed by atoms with van der Waals surface area (Å²) in [5, 5.41) is 0. The molecular weight excluding hydrogens is 284 g/mol. The molecule has 0 spiro atoms. The molecule has 1 saturated heterocycles. The van der Waals surface area contributed by atoms with Crippen LogP contribution in [0.5, 0.6) is 11.5 Å². The first kappa shape index (κ1) is 12.7. The van der Waals surface area contributed by atoms with Crippen LogP contribution >= 0.6 is 15.9 Å². The quantitative estimate of drug-likeness (QED) is 0.800. The number of methoxy groups -OCH3 is 2. The molecule has 3 nitrogen and oxygen atoms in total. The molecule has 1 heterocycles. The molecule has 2 atom stereocenters. The van der Waals surface area contributed by atoms with Crippen molar-refractivity contribution in [1.29, 1.82) is 0 Å². The molecule has 4 heteroatoms. The monoisotopic (exact) mass is 300 g/mol. The Bertz CT molecular complexity index is 375. The number of ether oxygens (including phenoxy) is 3. The first-order chi connectivity index (χ1) is 8.26. The van der Waals surface area contributed by atoms with Gasteiger partial charge in [0.05, 0.1) is 20.8 Å². The van der Waals surface area contributed by atoms with E-state index in [4.69, 9.17) is 14.2 Å². The van der Waals surface area contributed by atoms with Crippen LogP contribution < -0.4 is 9.47 Å². The lowest BCUT2D eigenvalue weighted by Crippen LogP contribution is -2.07. The van der Waals surface area contributed by atoms with E-state index in [9.17, 15) is 0 Å². The molecule has 0 bridgehead atoms. The highest BCUT2D eigenvalue weighted by atomic mass is 79.9. The van der Waals surface area contributed by atoms with Gasteiger partial charge in [-0.15, -0.1) is 0 Å². The normalized spacial score (nSPS) is 21.2. The highest BCUT2D eigenvalue weighted by molar-refractivity contribution is 9.09. The second kappa shape index (κ2) is 5.74. The van der Waals surface area contributed by atoms with Crippen LogP contribution in [0, 0.1) is 5.92 Å². The Hall–Kier alpha value is -0.740. The number of halogens is 1. The Morgan fingerprint density at radius 2 is 2.06 bits per heavy atom. The van der Waals surface area contributed by atoms with Gasteiger partial charge < -0.3 is 14.2 Å². The molecule has 0 N–H and O–H groups in total. The Morgan fingerprint density at radius 1 is 1.29 bits per heavy atom. The number of hydrogen-bond acceptors (Lipinski definition) is 3. The minimum atomic E-state index is 0.310. The van der Waals surface area contributed by atoms with Crippen LogP contribution in [0.4, 0.5) is 0 Å². The number of rotatable bonds is 4. The lowest BCUT2D eigenvalue weighted by atomic mass is 9.98. The van der Waals surface area contributed by atoms with Gasteiger partial charge in [-0.3, -0.25) is 0 Å². The molecule has 0 aromatic heterocycles. The fourth-order valence-electron chi connectivity index (χ4n) is 2.08. The second-order valence-corrected chi connectivity index (χ2v) is 5.13. The summed E-state index contributed by atoms with van der Waals surface area (Å²) < 4.78 is 16.0. The van der Waals surface area contributed by atoms with Gasteiger partial charge in [-0.05, 0) is 24.1 Å². The minimum Gasteiger partial charge on any atom is -0.493 e. The maximum Gasteiger partial charge on any atom is 0.161 e. The summed E-state index contributed by atoms with van der Waals surface area (Å²) in [5.74, 6) is 2.07. The van der Waals surface area contributed by atoms with Crippen LogP contribution in [0.3, 0.4) is 0 Å². The van der Waals surface area contributed by atoms with Gasteiger partial charge in [0, 0.05) is 17.4 Å². The lowest BCUT2D eigenvalue weighted by molar-refractivity contribution is 0.185. The Labute approximate surface area is 110 Å². The van der Waals surface area contributed by atoms with Crippen molar-refractivity contribution in [3.8, 4) is 11.5 Å². The van der Waals surface area contributed by atoms with Crippen molar-refractivity contribution in [3.05, 3.63) is 23.8 Å². The largest absolute Gasteiger partial charge is 0.493 e. The summed E-state index contributed by atoms with van der Waals surface area (Å²) >= 11 is 3.75. The van der Waals surface area contributed by atoms with Crippen LogP contribution in [-0.2, 0) is 4.74 Å².